The number of benzene rings is 1. The van der Waals surface area contributed by atoms with E-state index in [2.05, 4.69) is 27.4 Å². The Labute approximate surface area is 92.8 Å². The third-order valence-corrected chi connectivity index (χ3v) is 2.41. The summed E-state index contributed by atoms with van der Waals surface area (Å²) >= 11 is 4.55. The normalized spacial score (nSPS) is 9.93. The van der Waals surface area contributed by atoms with Crippen molar-refractivity contribution in [3.63, 3.8) is 0 Å². The second-order valence-corrected chi connectivity index (χ2v) is 3.29. The number of aromatic amines is 1. The van der Waals surface area contributed by atoms with Crippen LogP contribution in [0.25, 0.3) is 10.9 Å². The Morgan fingerprint density at radius 2 is 2.40 bits per heavy atom. The molecule has 0 aliphatic carbocycles. The zero-order valence-corrected chi connectivity index (χ0v) is 9.10. The summed E-state index contributed by atoms with van der Waals surface area (Å²) in [5.74, 6) is 0.850. The fourth-order valence-electron chi connectivity index (χ4n) is 1.63. The number of aliphatic imine (C=N–C) groups is 1. The summed E-state index contributed by atoms with van der Waals surface area (Å²) in [4.78, 5) is 7.10. The van der Waals surface area contributed by atoms with Crippen LogP contribution in [0.3, 0.4) is 0 Å². The maximum atomic E-state index is 5.30. The van der Waals surface area contributed by atoms with Crippen molar-refractivity contribution in [2.45, 2.75) is 6.54 Å². The van der Waals surface area contributed by atoms with Crippen molar-refractivity contribution >= 4 is 28.3 Å². The Bertz CT molecular complexity index is 526. The highest BCUT2D eigenvalue weighted by atomic mass is 32.1. The first-order valence-corrected chi connectivity index (χ1v) is 4.94. The van der Waals surface area contributed by atoms with Crippen LogP contribution < -0.4 is 4.74 Å². The molecule has 0 bridgehead atoms. The Morgan fingerprint density at radius 3 is 3.13 bits per heavy atom. The Morgan fingerprint density at radius 1 is 1.53 bits per heavy atom. The number of isothiocyanates is 1. The molecule has 0 aliphatic heterocycles. The third kappa shape index (κ3) is 1.77. The zero-order valence-electron chi connectivity index (χ0n) is 8.28. The second-order valence-electron chi connectivity index (χ2n) is 3.10. The van der Waals surface area contributed by atoms with Crippen LogP contribution in [0.4, 0.5) is 0 Å². The number of ether oxygens (including phenoxy) is 1. The molecule has 0 amide bonds. The largest absolute Gasteiger partial charge is 0.496 e. The van der Waals surface area contributed by atoms with Crippen LogP contribution >= 0.6 is 12.2 Å². The summed E-state index contributed by atoms with van der Waals surface area (Å²) in [6.07, 6.45) is 1.92. The molecule has 0 unspecified atom stereocenters. The van der Waals surface area contributed by atoms with Gasteiger partial charge >= 0.3 is 0 Å². The highest BCUT2D eigenvalue weighted by Gasteiger charge is 2.07. The Kier molecular flexibility index (Phi) is 2.81. The Balaban J connectivity index is 2.60. The van der Waals surface area contributed by atoms with Crippen LogP contribution in [0.2, 0.25) is 0 Å². The first kappa shape index (κ1) is 9.90. The van der Waals surface area contributed by atoms with Crippen LogP contribution in [0.15, 0.2) is 29.4 Å². The molecule has 1 N–H and O–H groups in total. The number of thiocarbonyl (C=S) groups is 1. The lowest BCUT2D eigenvalue weighted by atomic mass is 10.1. The number of rotatable bonds is 3. The number of hydrogen-bond donors (Lipinski definition) is 1. The van der Waals surface area contributed by atoms with E-state index >= 15 is 0 Å². The molecule has 0 saturated carbocycles. The quantitative estimate of drug-likeness (QED) is 0.635. The smallest absolute Gasteiger partial charge is 0.128 e. The van der Waals surface area contributed by atoms with Crippen LogP contribution in [-0.4, -0.2) is 17.3 Å². The molecule has 0 saturated heterocycles. The summed E-state index contributed by atoms with van der Waals surface area (Å²) < 4.78 is 5.30. The van der Waals surface area contributed by atoms with Crippen molar-refractivity contribution in [3.8, 4) is 5.75 Å². The average molecular weight is 218 g/mol. The van der Waals surface area contributed by atoms with Crippen LogP contribution in [-0.2, 0) is 6.54 Å². The Hall–Kier alpha value is -1.64. The molecular weight excluding hydrogens is 208 g/mol. The van der Waals surface area contributed by atoms with Crippen molar-refractivity contribution < 1.29 is 4.74 Å². The van der Waals surface area contributed by atoms with E-state index in [0.29, 0.717) is 6.54 Å². The maximum absolute atomic E-state index is 5.30. The predicted molar refractivity (Wildman–Crippen MR) is 63.6 cm³/mol. The van der Waals surface area contributed by atoms with Crippen molar-refractivity contribution in [1.29, 1.82) is 0 Å². The summed E-state index contributed by atoms with van der Waals surface area (Å²) in [5, 5.41) is 3.43. The fourth-order valence-corrected chi connectivity index (χ4v) is 1.70. The van der Waals surface area contributed by atoms with Gasteiger partial charge in [0.2, 0.25) is 0 Å². The highest BCUT2D eigenvalue weighted by Crippen LogP contribution is 2.28. The number of fused-ring (bicyclic) bond motifs is 1. The van der Waals surface area contributed by atoms with Crippen molar-refractivity contribution in [3.05, 3.63) is 30.0 Å². The average Bonchev–Trinajstić information content (AvgIpc) is 2.69. The molecule has 15 heavy (non-hydrogen) atoms. The molecular formula is C11H10N2OS. The van der Waals surface area contributed by atoms with E-state index in [9.17, 15) is 0 Å². The monoisotopic (exact) mass is 218 g/mol. The van der Waals surface area contributed by atoms with E-state index in [1.165, 1.54) is 0 Å². The van der Waals surface area contributed by atoms with Gasteiger partial charge in [-0.2, -0.15) is 0 Å². The van der Waals surface area contributed by atoms with E-state index in [-0.39, 0.29) is 0 Å². The van der Waals surface area contributed by atoms with Gasteiger partial charge in [-0.3, -0.25) is 0 Å². The van der Waals surface area contributed by atoms with Gasteiger partial charge in [0.15, 0.2) is 0 Å². The van der Waals surface area contributed by atoms with Crippen molar-refractivity contribution in [1.82, 2.24) is 4.98 Å². The van der Waals surface area contributed by atoms with Gasteiger partial charge in [-0.25, -0.2) is 4.99 Å². The maximum Gasteiger partial charge on any atom is 0.128 e. The summed E-state index contributed by atoms with van der Waals surface area (Å²) in [7, 11) is 1.66. The van der Waals surface area contributed by atoms with Gasteiger partial charge < -0.3 is 9.72 Å². The molecule has 0 atom stereocenters. The summed E-state index contributed by atoms with van der Waals surface area (Å²) in [6, 6.07) is 5.88. The number of nitrogens with zero attached hydrogens (tertiary/aromatic N) is 1. The summed E-state index contributed by atoms with van der Waals surface area (Å²) in [5.41, 5.74) is 2.11. The SMILES string of the molecule is COc1cccc2[nH]cc(CN=C=S)c12. The molecule has 0 spiro atoms. The van der Waals surface area contributed by atoms with Gasteiger partial charge in [0.1, 0.15) is 5.75 Å². The fraction of sp³-hybridized carbons (Fsp3) is 0.182. The molecule has 3 nitrogen and oxygen atoms in total. The van der Waals surface area contributed by atoms with Gasteiger partial charge in [0, 0.05) is 22.7 Å². The van der Waals surface area contributed by atoms with Gasteiger partial charge in [0.05, 0.1) is 18.8 Å². The van der Waals surface area contributed by atoms with Crippen molar-refractivity contribution in [2.24, 2.45) is 4.99 Å². The standard InChI is InChI=1S/C11H10N2OS/c1-14-10-4-2-3-9-11(10)8(6-13-9)5-12-7-15/h2-4,6,13H,5H2,1H3. The molecule has 0 radical (unpaired) electrons. The van der Waals surface area contributed by atoms with Gasteiger partial charge in [-0.15, -0.1) is 0 Å². The second kappa shape index (κ2) is 4.26. The van der Waals surface area contributed by atoms with Gasteiger partial charge in [-0.1, -0.05) is 6.07 Å². The first-order chi connectivity index (χ1) is 7.36. The van der Waals surface area contributed by atoms with E-state index in [0.717, 1.165) is 22.2 Å². The third-order valence-electron chi connectivity index (χ3n) is 2.28. The lowest BCUT2D eigenvalue weighted by Crippen LogP contribution is -1.85. The number of hydrogen-bond acceptors (Lipinski definition) is 3. The molecule has 0 aliphatic rings. The molecule has 0 fully saturated rings. The molecule has 2 aromatic rings. The highest BCUT2D eigenvalue weighted by molar-refractivity contribution is 7.78. The number of aromatic nitrogens is 1. The molecule has 1 heterocycles. The van der Waals surface area contributed by atoms with E-state index in [1.807, 2.05) is 24.4 Å². The molecule has 4 heteroatoms. The summed E-state index contributed by atoms with van der Waals surface area (Å²) in [6.45, 7) is 0.532. The minimum atomic E-state index is 0.532. The first-order valence-electron chi connectivity index (χ1n) is 4.53. The molecule has 76 valence electrons. The molecule has 1 aromatic carbocycles. The molecule has 2 rings (SSSR count). The van der Waals surface area contributed by atoms with Crippen LogP contribution in [0, 0.1) is 0 Å². The van der Waals surface area contributed by atoms with E-state index < -0.39 is 0 Å². The van der Waals surface area contributed by atoms with Crippen LogP contribution in [0.1, 0.15) is 5.56 Å². The topological polar surface area (TPSA) is 37.4 Å². The minimum absolute atomic E-state index is 0.532. The number of nitrogens with one attached hydrogen (secondary N) is 1. The van der Waals surface area contributed by atoms with Gasteiger partial charge in [-0.05, 0) is 24.4 Å². The number of H-pyrrole nitrogens is 1. The van der Waals surface area contributed by atoms with Crippen LogP contribution in [0.5, 0.6) is 5.75 Å². The molecule has 1 aromatic heterocycles. The van der Waals surface area contributed by atoms with Gasteiger partial charge in [0.25, 0.3) is 0 Å². The lowest BCUT2D eigenvalue weighted by Gasteiger charge is -2.02. The van der Waals surface area contributed by atoms with E-state index in [1.54, 1.807) is 7.11 Å². The van der Waals surface area contributed by atoms with E-state index in [4.69, 9.17) is 4.74 Å². The zero-order chi connectivity index (χ0) is 10.7. The number of methoxy groups -OCH3 is 1. The lowest BCUT2D eigenvalue weighted by molar-refractivity contribution is 0.419. The van der Waals surface area contributed by atoms with Crippen molar-refractivity contribution in [2.75, 3.05) is 7.11 Å². The minimum Gasteiger partial charge on any atom is -0.496 e. The predicted octanol–water partition coefficient (Wildman–Crippen LogP) is 2.78.